The number of benzene rings is 2. The first kappa shape index (κ1) is 14.6. The van der Waals surface area contributed by atoms with Crippen molar-refractivity contribution in [2.24, 2.45) is 0 Å². The summed E-state index contributed by atoms with van der Waals surface area (Å²) in [4.78, 5) is 12.0. The highest BCUT2D eigenvalue weighted by molar-refractivity contribution is 5.92. The lowest BCUT2D eigenvalue weighted by Crippen LogP contribution is -2.14. The van der Waals surface area contributed by atoms with Crippen molar-refractivity contribution in [3.63, 3.8) is 0 Å². The molecule has 2 rings (SSSR count). The van der Waals surface area contributed by atoms with Gasteiger partial charge >= 0.3 is 0 Å². The fourth-order valence-corrected chi connectivity index (χ4v) is 2.07. The molecule has 4 heteroatoms. The molecule has 0 aliphatic rings. The summed E-state index contributed by atoms with van der Waals surface area (Å²) in [6.45, 7) is 1.95. The number of methoxy groups -OCH3 is 1. The molecule has 0 heterocycles. The Morgan fingerprint density at radius 1 is 1.24 bits per heavy atom. The molecule has 0 unspecified atom stereocenters. The zero-order valence-electron chi connectivity index (χ0n) is 12.0. The number of aryl methyl sites for hydroxylation is 1. The van der Waals surface area contributed by atoms with E-state index in [1.165, 1.54) is 0 Å². The standard InChI is InChI=1S/C17H16N2O2/c1-12-9-14(5-8-16(12)21-2)10-17(20)19-15-6-3-13(11-18)4-7-15/h3-9H,10H2,1-2H3,(H,19,20). The van der Waals surface area contributed by atoms with Crippen LogP contribution in [0.3, 0.4) is 0 Å². The second-order valence-electron chi connectivity index (χ2n) is 4.72. The summed E-state index contributed by atoms with van der Waals surface area (Å²) in [7, 11) is 1.62. The Kier molecular flexibility index (Phi) is 4.57. The minimum absolute atomic E-state index is 0.0933. The van der Waals surface area contributed by atoms with E-state index in [1.807, 2.05) is 31.2 Å². The van der Waals surface area contributed by atoms with Crippen LogP contribution < -0.4 is 10.1 Å². The largest absolute Gasteiger partial charge is 0.496 e. The number of hydrogen-bond donors (Lipinski definition) is 1. The molecule has 0 saturated heterocycles. The molecule has 4 nitrogen and oxygen atoms in total. The Balaban J connectivity index is 2.01. The first-order valence-corrected chi connectivity index (χ1v) is 6.56. The van der Waals surface area contributed by atoms with Crippen molar-refractivity contribution >= 4 is 11.6 Å². The molecule has 1 N–H and O–H groups in total. The maximum absolute atomic E-state index is 12.0. The number of nitrogens with zero attached hydrogens (tertiary/aromatic N) is 1. The van der Waals surface area contributed by atoms with E-state index in [9.17, 15) is 4.79 Å². The topological polar surface area (TPSA) is 62.1 Å². The molecule has 1 amide bonds. The van der Waals surface area contributed by atoms with Crippen molar-refractivity contribution in [2.75, 3.05) is 12.4 Å². The summed E-state index contributed by atoms with van der Waals surface area (Å²) in [5, 5.41) is 11.5. The van der Waals surface area contributed by atoms with E-state index in [4.69, 9.17) is 10.00 Å². The maximum atomic E-state index is 12.0. The lowest BCUT2D eigenvalue weighted by Gasteiger charge is -2.08. The van der Waals surface area contributed by atoms with Crippen LogP contribution in [0, 0.1) is 18.3 Å². The molecule has 0 aliphatic carbocycles. The van der Waals surface area contributed by atoms with Crippen LogP contribution in [0.25, 0.3) is 0 Å². The highest BCUT2D eigenvalue weighted by Crippen LogP contribution is 2.19. The maximum Gasteiger partial charge on any atom is 0.228 e. The van der Waals surface area contributed by atoms with Gasteiger partial charge in [0.2, 0.25) is 5.91 Å². The van der Waals surface area contributed by atoms with E-state index < -0.39 is 0 Å². The SMILES string of the molecule is COc1ccc(CC(=O)Nc2ccc(C#N)cc2)cc1C. The van der Waals surface area contributed by atoms with Gasteiger partial charge in [-0.05, 0) is 48.4 Å². The third kappa shape index (κ3) is 3.83. The third-order valence-electron chi connectivity index (χ3n) is 3.12. The number of carbonyl (C=O) groups is 1. The number of nitrogens with one attached hydrogen (secondary N) is 1. The summed E-state index contributed by atoms with van der Waals surface area (Å²) in [5.74, 6) is 0.718. The van der Waals surface area contributed by atoms with E-state index in [0.29, 0.717) is 17.7 Å². The summed E-state index contributed by atoms with van der Waals surface area (Å²) < 4.78 is 5.20. The molecule has 0 aromatic heterocycles. The summed E-state index contributed by atoms with van der Waals surface area (Å²) in [6.07, 6.45) is 0.296. The predicted octanol–water partition coefficient (Wildman–Crippen LogP) is 3.06. The number of amides is 1. The van der Waals surface area contributed by atoms with E-state index >= 15 is 0 Å². The second-order valence-corrected chi connectivity index (χ2v) is 4.72. The summed E-state index contributed by atoms with van der Waals surface area (Å²) in [5.41, 5.74) is 3.18. The van der Waals surface area contributed by atoms with E-state index in [1.54, 1.807) is 31.4 Å². The van der Waals surface area contributed by atoms with Crippen LogP contribution in [0.2, 0.25) is 0 Å². The minimum Gasteiger partial charge on any atom is -0.496 e. The number of nitriles is 1. The number of rotatable bonds is 4. The third-order valence-corrected chi connectivity index (χ3v) is 3.12. The zero-order valence-corrected chi connectivity index (χ0v) is 12.0. The molecule has 0 bridgehead atoms. The molecular weight excluding hydrogens is 264 g/mol. The molecular formula is C17H16N2O2. The van der Waals surface area contributed by atoms with Gasteiger partial charge in [-0.3, -0.25) is 4.79 Å². The van der Waals surface area contributed by atoms with Gasteiger partial charge in [-0.2, -0.15) is 5.26 Å². The molecule has 0 aliphatic heterocycles. The lowest BCUT2D eigenvalue weighted by atomic mass is 10.1. The smallest absolute Gasteiger partial charge is 0.228 e. The van der Waals surface area contributed by atoms with Crippen LogP contribution in [0.5, 0.6) is 5.75 Å². The van der Waals surface area contributed by atoms with Crippen LogP contribution in [0.15, 0.2) is 42.5 Å². The molecule has 21 heavy (non-hydrogen) atoms. The van der Waals surface area contributed by atoms with E-state index in [0.717, 1.165) is 16.9 Å². The average Bonchev–Trinajstić information content (AvgIpc) is 2.48. The quantitative estimate of drug-likeness (QED) is 0.936. The van der Waals surface area contributed by atoms with Crippen molar-refractivity contribution in [3.8, 4) is 11.8 Å². The van der Waals surface area contributed by atoms with Crippen molar-refractivity contribution in [1.29, 1.82) is 5.26 Å². The average molecular weight is 280 g/mol. The van der Waals surface area contributed by atoms with Gasteiger partial charge in [-0.15, -0.1) is 0 Å². The van der Waals surface area contributed by atoms with Crippen LogP contribution in [0.4, 0.5) is 5.69 Å². The first-order chi connectivity index (χ1) is 10.1. The minimum atomic E-state index is -0.0933. The van der Waals surface area contributed by atoms with Gasteiger partial charge in [-0.1, -0.05) is 12.1 Å². The molecule has 0 spiro atoms. The Labute approximate surface area is 124 Å². The van der Waals surface area contributed by atoms with E-state index in [-0.39, 0.29) is 5.91 Å². The van der Waals surface area contributed by atoms with Crippen LogP contribution >= 0.6 is 0 Å². The van der Waals surface area contributed by atoms with Gasteiger partial charge in [0.15, 0.2) is 0 Å². The molecule has 0 atom stereocenters. The highest BCUT2D eigenvalue weighted by atomic mass is 16.5. The van der Waals surface area contributed by atoms with Crippen molar-refractivity contribution in [2.45, 2.75) is 13.3 Å². The Hall–Kier alpha value is -2.80. The second kappa shape index (κ2) is 6.58. The normalized spacial score (nSPS) is 9.76. The predicted molar refractivity (Wildman–Crippen MR) is 81.2 cm³/mol. The Morgan fingerprint density at radius 2 is 1.95 bits per heavy atom. The molecule has 0 saturated carbocycles. The molecule has 0 fully saturated rings. The van der Waals surface area contributed by atoms with Crippen LogP contribution in [-0.4, -0.2) is 13.0 Å². The van der Waals surface area contributed by atoms with Gasteiger partial charge in [0.25, 0.3) is 0 Å². The van der Waals surface area contributed by atoms with Gasteiger partial charge in [0.05, 0.1) is 25.2 Å². The fraction of sp³-hybridized carbons (Fsp3) is 0.176. The highest BCUT2D eigenvalue weighted by Gasteiger charge is 2.06. The first-order valence-electron chi connectivity index (χ1n) is 6.56. The summed E-state index contributed by atoms with van der Waals surface area (Å²) >= 11 is 0. The zero-order chi connectivity index (χ0) is 15.2. The van der Waals surface area contributed by atoms with Crippen LogP contribution in [0.1, 0.15) is 16.7 Å². The van der Waals surface area contributed by atoms with Crippen molar-refractivity contribution in [1.82, 2.24) is 0 Å². The van der Waals surface area contributed by atoms with Crippen LogP contribution in [-0.2, 0) is 11.2 Å². The fourth-order valence-electron chi connectivity index (χ4n) is 2.07. The van der Waals surface area contributed by atoms with Crippen molar-refractivity contribution in [3.05, 3.63) is 59.2 Å². The van der Waals surface area contributed by atoms with Gasteiger partial charge in [0.1, 0.15) is 5.75 Å². The number of hydrogen-bond acceptors (Lipinski definition) is 3. The Bertz CT molecular complexity index is 685. The molecule has 0 radical (unpaired) electrons. The Morgan fingerprint density at radius 3 is 2.52 bits per heavy atom. The lowest BCUT2D eigenvalue weighted by molar-refractivity contribution is -0.115. The molecule has 2 aromatic rings. The van der Waals surface area contributed by atoms with Gasteiger partial charge < -0.3 is 10.1 Å². The number of carbonyl (C=O) groups excluding carboxylic acids is 1. The molecule has 106 valence electrons. The van der Waals surface area contributed by atoms with Gasteiger partial charge in [-0.25, -0.2) is 0 Å². The summed E-state index contributed by atoms with van der Waals surface area (Å²) in [6, 6.07) is 14.5. The monoisotopic (exact) mass is 280 g/mol. The number of ether oxygens (including phenoxy) is 1. The van der Waals surface area contributed by atoms with E-state index in [2.05, 4.69) is 5.32 Å². The molecule has 2 aromatic carbocycles. The number of anilines is 1. The van der Waals surface area contributed by atoms with Gasteiger partial charge in [0, 0.05) is 5.69 Å². The van der Waals surface area contributed by atoms with Crippen molar-refractivity contribution < 1.29 is 9.53 Å².